The van der Waals surface area contributed by atoms with E-state index in [1.165, 1.54) is 6.92 Å². The largest absolute Gasteiger partial charge is 0.478 e. The Morgan fingerprint density at radius 3 is 2.55 bits per heavy atom. The van der Waals surface area contributed by atoms with Gasteiger partial charge in [0.25, 0.3) is 0 Å². The fraction of sp³-hybridized carbons (Fsp3) is 0.714. The van der Waals surface area contributed by atoms with Crippen LogP contribution in [0.1, 0.15) is 40.0 Å². The molecular weight excluding hydrogens is 260 g/mol. The molecule has 0 radical (unpaired) electrons. The van der Waals surface area contributed by atoms with Gasteiger partial charge in [-0.25, -0.2) is 4.79 Å². The number of amides is 1. The minimum Gasteiger partial charge on any atom is -0.478 e. The average molecular weight is 284 g/mol. The second kappa shape index (κ2) is 7.40. The number of ether oxygens (including phenoxy) is 1. The van der Waals surface area contributed by atoms with Crippen molar-refractivity contribution in [3.63, 3.8) is 0 Å². The molecule has 0 spiro atoms. The summed E-state index contributed by atoms with van der Waals surface area (Å²) >= 11 is 0. The Labute approximate surface area is 119 Å². The molecule has 1 rings (SSSR count). The number of hydrogen-bond acceptors (Lipinski definition) is 4. The molecule has 0 heterocycles. The van der Waals surface area contributed by atoms with E-state index in [0.29, 0.717) is 0 Å². The molecule has 0 fully saturated rings. The summed E-state index contributed by atoms with van der Waals surface area (Å²) < 4.78 is 5.92. The van der Waals surface area contributed by atoms with Gasteiger partial charge in [0.15, 0.2) is 0 Å². The highest BCUT2D eigenvalue weighted by molar-refractivity contribution is 5.87. The molecule has 1 aliphatic rings. The maximum absolute atomic E-state index is 11.3. The molecule has 1 unspecified atom stereocenters. The van der Waals surface area contributed by atoms with Gasteiger partial charge in [-0.3, -0.25) is 4.79 Å². The van der Waals surface area contributed by atoms with E-state index in [0.717, 1.165) is 12.8 Å². The SMILES string of the molecule is CCC(CC)OC1C=C(C(=O)O)C[C@H](N)[C@H]1NC(C)=O. The summed E-state index contributed by atoms with van der Waals surface area (Å²) in [6, 6.07) is -0.856. The lowest BCUT2D eigenvalue weighted by molar-refractivity contribution is -0.133. The maximum atomic E-state index is 11.3. The molecule has 4 N–H and O–H groups in total. The van der Waals surface area contributed by atoms with E-state index in [2.05, 4.69) is 5.32 Å². The molecule has 20 heavy (non-hydrogen) atoms. The van der Waals surface area contributed by atoms with Crippen LogP contribution in [0.15, 0.2) is 11.6 Å². The predicted molar refractivity (Wildman–Crippen MR) is 75.2 cm³/mol. The van der Waals surface area contributed by atoms with Crippen LogP contribution in [0.4, 0.5) is 0 Å². The normalized spacial score (nSPS) is 26.2. The Morgan fingerprint density at radius 2 is 2.10 bits per heavy atom. The number of carboxylic acid groups (broad SMARTS) is 1. The number of carbonyl (C=O) groups is 2. The molecule has 0 aromatic carbocycles. The molecule has 6 heteroatoms. The Morgan fingerprint density at radius 1 is 1.50 bits per heavy atom. The van der Waals surface area contributed by atoms with Gasteiger partial charge in [-0.1, -0.05) is 13.8 Å². The Kier molecular flexibility index (Phi) is 6.16. The number of nitrogens with one attached hydrogen (secondary N) is 1. The highest BCUT2D eigenvalue weighted by Crippen LogP contribution is 2.23. The van der Waals surface area contributed by atoms with Crippen LogP contribution < -0.4 is 11.1 Å². The summed E-state index contributed by atoms with van der Waals surface area (Å²) in [5, 5.41) is 11.9. The first-order valence-electron chi connectivity index (χ1n) is 7.01. The van der Waals surface area contributed by atoms with Crippen molar-refractivity contribution in [1.82, 2.24) is 5.32 Å². The molecule has 0 aliphatic heterocycles. The van der Waals surface area contributed by atoms with Crippen LogP contribution >= 0.6 is 0 Å². The Hall–Kier alpha value is -1.40. The zero-order chi connectivity index (χ0) is 15.3. The summed E-state index contributed by atoms with van der Waals surface area (Å²) in [6.07, 6.45) is 2.97. The molecular formula is C14H24N2O4. The first kappa shape index (κ1) is 16.7. The van der Waals surface area contributed by atoms with Crippen molar-refractivity contribution in [2.75, 3.05) is 0 Å². The first-order chi connectivity index (χ1) is 9.38. The number of carbonyl (C=O) groups excluding carboxylic acids is 1. The molecule has 0 saturated heterocycles. The van der Waals surface area contributed by atoms with E-state index >= 15 is 0 Å². The molecule has 0 aromatic heterocycles. The van der Waals surface area contributed by atoms with Crippen LogP contribution in [-0.2, 0) is 14.3 Å². The van der Waals surface area contributed by atoms with Crippen molar-refractivity contribution in [2.24, 2.45) is 5.73 Å². The number of carboxylic acids is 1. The minimum atomic E-state index is -0.986. The van der Waals surface area contributed by atoms with Gasteiger partial charge in [-0.2, -0.15) is 0 Å². The van der Waals surface area contributed by atoms with E-state index in [1.54, 1.807) is 6.08 Å². The van der Waals surface area contributed by atoms with Crippen LogP contribution in [0.5, 0.6) is 0 Å². The summed E-state index contributed by atoms with van der Waals surface area (Å²) in [5.74, 6) is -1.18. The van der Waals surface area contributed by atoms with Crippen LogP contribution in [0.3, 0.4) is 0 Å². The number of nitrogens with two attached hydrogens (primary N) is 1. The minimum absolute atomic E-state index is 0.0212. The van der Waals surface area contributed by atoms with Gasteiger partial charge in [0, 0.05) is 18.5 Å². The van der Waals surface area contributed by atoms with Gasteiger partial charge < -0.3 is 20.9 Å². The standard InChI is InChI=1S/C14H24N2O4/c1-4-10(5-2)20-12-7-9(14(18)19)6-11(15)13(12)16-8(3)17/h7,10-13H,4-6,15H2,1-3H3,(H,16,17)(H,18,19)/t11-,12?,13+/m0/s1. The van der Waals surface area contributed by atoms with Gasteiger partial charge in [0.1, 0.15) is 0 Å². The van der Waals surface area contributed by atoms with Crippen LogP contribution in [0.25, 0.3) is 0 Å². The third-order valence-corrected chi connectivity index (χ3v) is 3.54. The third-order valence-electron chi connectivity index (χ3n) is 3.54. The van der Waals surface area contributed by atoms with Crippen molar-refractivity contribution in [3.05, 3.63) is 11.6 Å². The van der Waals surface area contributed by atoms with Crippen molar-refractivity contribution in [3.8, 4) is 0 Å². The Balaban J connectivity index is 2.96. The molecule has 1 aliphatic carbocycles. The summed E-state index contributed by atoms with van der Waals surface area (Å²) in [5.41, 5.74) is 6.25. The van der Waals surface area contributed by atoms with E-state index < -0.39 is 24.2 Å². The first-order valence-corrected chi connectivity index (χ1v) is 7.01. The molecule has 6 nitrogen and oxygen atoms in total. The molecule has 3 atom stereocenters. The quantitative estimate of drug-likeness (QED) is 0.670. The lowest BCUT2D eigenvalue weighted by atomic mass is 9.88. The van der Waals surface area contributed by atoms with Crippen LogP contribution in [0.2, 0.25) is 0 Å². The smallest absolute Gasteiger partial charge is 0.331 e. The van der Waals surface area contributed by atoms with Crippen LogP contribution in [-0.4, -0.2) is 41.3 Å². The average Bonchev–Trinajstić information content (AvgIpc) is 2.38. The summed E-state index contributed by atoms with van der Waals surface area (Å²) in [7, 11) is 0. The van der Waals surface area contributed by atoms with E-state index in [4.69, 9.17) is 15.6 Å². The summed E-state index contributed by atoms with van der Waals surface area (Å²) in [4.78, 5) is 22.4. The van der Waals surface area contributed by atoms with Gasteiger partial charge in [-0.15, -0.1) is 0 Å². The lowest BCUT2D eigenvalue weighted by Crippen LogP contribution is -2.57. The van der Waals surface area contributed by atoms with E-state index in [1.807, 2.05) is 13.8 Å². The van der Waals surface area contributed by atoms with E-state index in [9.17, 15) is 9.59 Å². The van der Waals surface area contributed by atoms with Gasteiger partial charge in [0.05, 0.1) is 18.2 Å². The highest BCUT2D eigenvalue weighted by Gasteiger charge is 2.35. The summed E-state index contributed by atoms with van der Waals surface area (Å²) in [6.45, 7) is 5.43. The molecule has 0 bridgehead atoms. The predicted octanol–water partition coefficient (Wildman–Crippen LogP) is 0.807. The number of aliphatic carboxylic acids is 1. The lowest BCUT2D eigenvalue weighted by Gasteiger charge is -2.36. The number of hydrogen-bond donors (Lipinski definition) is 3. The second-order valence-corrected chi connectivity index (χ2v) is 5.13. The molecule has 114 valence electrons. The van der Waals surface area contributed by atoms with E-state index in [-0.39, 0.29) is 24.0 Å². The van der Waals surface area contributed by atoms with Gasteiger partial charge >= 0.3 is 5.97 Å². The second-order valence-electron chi connectivity index (χ2n) is 5.13. The monoisotopic (exact) mass is 284 g/mol. The molecule has 1 amide bonds. The van der Waals surface area contributed by atoms with Crippen molar-refractivity contribution in [2.45, 2.75) is 64.3 Å². The molecule has 0 saturated carbocycles. The topological polar surface area (TPSA) is 102 Å². The Bertz CT molecular complexity index is 391. The highest BCUT2D eigenvalue weighted by atomic mass is 16.5. The fourth-order valence-electron chi connectivity index (χ4n) is 2.40. The zero-order valence-electron chi connectivity index (χ0n) is 12.3. The third kappa shape index (κ3) is 4.31. The van der Waals surface area contributed by atoms with Gasteiger partial charge in [-0.05, 0) is 25.3 Å². The maximum Gasteiger partial charge on any atom is 0.331 e. The zero-order valence-corrected chi connectivity index (χ0v) is 12.3. The fourth-order valence-corrected chi connectivity index (χ4v) is 2.40. The van der Waals surface area contributed by atoms with Crippen molar-refractivity contribution < 1.29 is 19.4 Å². The van der Waals surface area contributed by atoms with Crippen LogP contribution in [0, 0.1) is 0 Å². The van der Waals surface area contributed by atoms with Gasteiger partial charge in [0.2, 0.25) is 5.91 Å². The molecule has 0 aromatic rings. The van der Waals surface area contributed by atoms with Crippen molar-refractivity contribution in [1.29, 1.82) is 0 Å². The van der Waals surface area contributed by atoms with Crippen molar-refractivity contribution >= 4 is 11.9 Å². The number of rotatable bonds is 6.